The van der Waals surface area contributed by atoms with E-state index in [-0.39, 0.29) is 10.3 Å². The maximum Gasteiger partial charge on any atom is 0.261 e. The van der Waals surface area contributed by atoms with Gasteiger partial charge in [0.25, 0.3) is 10.0 Å². The molecule has 4 nitrogen and oxygen atoms in total. The summed E-state index contributed by atoms with van der Waals surface area (Å²) < 4.78 is 41.4. The molecule has 3 aromatic carbocycles. The van der Waals surface area contributed by atoms with E-state index in [9.17, 15) is 12.8 Å². The van der Waals surface area contributed by atoms with Gasteiger partial charge < -0.3 is 0 Å². The van der Waals surface area contributed by atoms with Crippen molar-refractivity contribution in [2.45, 2.75) is 69.9 Å². The second kappa shape index (κ2) is 10.1. The molecule has 0 fully saturated rings. The molecule has 1 unspecified atom stereocenters. The molecule has 0 bridgehead atoms. The average Bonchev–Trinajstić information content (AvgIpc) is 2.83. The van der Waals surface area contributed by atoms with Crippen molar-refractivity contribution >= 4 is 15.7 Å². The maximum absolute atomic E-state index is 13.1. The van der Waals surface area contributed by atoms with Crippen molar-refractivity contribution < 1.29 is 12.8 Å². The monoisotopic (exact) mass is 494 g/mol. The minimum absolute atomic E-state index is 0.153. The van der Waals surface area contributed by atoms with Crippen molar-refractivity contribution in [1.82, 2.24) is 4.90 Å². The fourth-order valence-electron chi connectivity index (χ4n) is 4.71. The Morgan fingerprint density at radius 2 is 1.66 bits per heavy atom. The Hall–Kier alpha value is -2.70. The highest BCUT2D eigenvalue weighted by Crippen LogP contribution is 2.28. The second-order valence-electron chi connectivity index (χ2n) is 10.5. The summed E-state index contributed by atoms with van der Waals surface area (Å²) in [5.41, 5.74) is 5.45. The van der Waals surface area contributed by atoms with E-state index in [1.165, 1.54) is 41.0 Å². The summed E-state index contributed by atoms with van der Waals surface area (Å²) in [6, 6.07) is 20.1. The van der Waals surface area contributed by atoms with Crippen LogP contribution in [-0.4, -0.2) is 25.9 Å². The molecule has 1 heterocycles. The summed E-state index contributed by atoms with van der Waals surface area (Å²) in [6.45, 7) is 10.7. The van der Waals surface area contributed by atoms with Gasteiger partial charge in [0.15, 0.2) is 0 Å². The van der Waals surface area contributed by atoms with E-state index in [1.54, 1.807) is 12.1 Å². The standard InChI is InChI=1S/C29H35FN2O2S/c1-5-27(18-21-6-9-24(10-7-21)29(2,3)4)32-17-16-22-19-28(15-8-23(22)20-32)35(33,34)31-26-13-11-25(30)12-14-26/h6-15,19,27,31H,5,16-18,20H2,1-4H3. The van der Waals surface area contributed by atoms with Crippen molar-refractivity contribution in [2.75, 3.05) is 11.3 Å². The predicted molar refractivity (Wildman–Crippen MR) is 141 cm³/mol. The smallest absolute Gasteiger partial charge is 0.261 e. The van der Waals surface area contributed by atoms with Crippen LogP contribution < -0.4 is 4.72 Å². The first kappa shape index (κ1) is 25.4. The van der Waals surface area contributed by atoms with Crippen LogP contribution in [0.2, 0.25) is 0 Å². The Morgan fingerprint density at radius 1 is 0.971 bits per heavy atom. The highest BCUT2D eigenvalue weighted by atomic mass is 32.2. The van der Waals surface area contributed by atoms with E-state index in [0.29, 0.717) is 11.7 Å². The van der Waals surface area contributed by atoms with Crippen molar-refractivity contribution in [1.29, 1.82) is 0 Å². The summed E-state index contributed by atoms with van der Waals surface area (Å²) in [4.78, 5) is 2.75. The molecule has 0 aliphatic carbocycles. The molecule has 4 rings (SSSR count). The van der Waals surface area contributed by atoms with Crippen LogP contribution in [0.15, 0.2) is 71.6 Å². The average molecular weight is 495 g/mol. The van der Waals surface area contributed by atoms with Crippen molar-refractivity contribution in [2.24, 2.45) is 0 Å². The molecule has 186 valence electrons. The van der Waals surface area contributed by atoms with Gasteiger partial charge in [-0.2, -0.15) is 0 Å². The molecule has 0 amide bonds. The molecule has 3 aromatic rings. The minimum atomic E-state index is -3.74. The zero-order valence-electron chi connectivity index (χ0n) is 21.0. The quantitative estimate of drug-likeness (QED) is 0.419. The van der Waals surface area contributed by atoms with Crippen molar-refractivity contribution in [3.05, 3.63) is 94.8 Å². The summed E-state index contributed by atoms with van der Waals surface area (Å²) in [6.07, 6.45) is 2.88. The molecule has 0 spiro atoms. The van der Waals surface area contributed by atoms with Crippen molar-refractivity contribution in [3.63, 3.8) is 0 Å². The molecule has 35 heavy (non-hydrogen) atoms. The van der Waals surface area contributed by atoms with Gasteiger partial charge in [-0.1, -0.05) is 58.0 Å². The van der Waals surface area contributed by atoms with E-state index < -0.39 is 15.8 Å². The number of nitrogens with one attached hydrogen (secondary N) is 1. The number of sulfonamides is 1. The van der Waals surface area contributed by atoms with E-state index in [4.69, 9.17) is 0 Å². The first-order chi connectivity index (χ1) is 16.5. The van der Waals surface area contributed by atoms with E-state index in [2.05, 4.69) is 61.6 Å². The van der Waals surface area contributed by atoms with Crippen LogP contribution in [0.4, 0.5) is 10.1 Å². The fourth-order valence-corrected chi connectivity index (χ4v) is 5.82. The third-order valence-corrected chi connectivity index (χ3v) is 8.28. The van der Waals surface area contributed by atoms with Crippen LogP contribution in [0.1, 0.15) is 56.4 Å². The lowest BCUT2D eigenvalue weighted by molar-refractivity contribution is 0.172. The van der Waals surface area contributed by atoms with Gasteiger partial charge in [0, 0.05) is 24.8 Å². The van der Waals surface area contributed by atoms with Gasteiger partial charge in [0.1, 0.15) is 5.82 Å². The first-order valence-corrected chi connectivity index (χ1v) is 13.8. The molecular formula is C29H35FN2O2S. The normalized spacial score (nSPS) is 15.5. The third kappa shape index (κ3) is 6.11. The second-order valence-corrected chi connectivity index (χ2v) is 12.2. The Balaban J connectivity index is 1.45. The molecule has 1 aliphatic heterocycles. The molecule has 0 aromatic heterocycles. The number of rotatable bonds is 7. The minimum Gasteiger partial charge on any atom is -0.295 e. The summed E-state index contributed by atoms with van der Waals surface area (Å²) in [7, 11) is -3.74. The Morgan fingerprint density at radius 3 is 2.29 bits per heavy atom. The van der Waals surface area contributed by atoms with Crippen LogP contribution in [0.25, 0.3) is 0 Å². The highest BCUT2D eigenvalue weighted by Gasteiger charge is 2.25. The number of nitrogens with zero attached hydrogens (tertiary/aromatic N) is 1. The largest absolute Gasteiger partial charge is 0.295 e. The number of benzene rings is 3. The van der Waals surface area contributed by atoms with Crippen LogP contribution in [0.3, 0.4) is 0 Å². The van der Waals surface area contributed by atoms with E-state index >= 15 is 0 Å². The lowest BCUT2D eigenvalue weighted by Gasteiger charge is -2.35. The van der Waals surface area contributed by atoms with Gasteiger partial charge in [-0.15, -0.1) is 0 Å². The molecule has 6 heteroatoms. The lowest BCUT2D eigenvalue weighted by Crippen LogP contribution is -2.40. The molecular weight excluding hydrogens is 459 g/mol. The highest BCUT2D eigenvalue weighted by molar-refractivity contribution is 7.92. The SMILES string of the molecule is CCC(Cc1ccc(C(C)(C)C)cc1)N1CCc2cc(S(=O)(=O)Nc3ccc(F)cc3)ccc2C1. The predicted octanol–water partition coefficient (Wildman–Crippen LogP) is 6.30. The summed E-state index contributed by atoms with van der Waals surface area (Å²) in [5.74, 6) is -0.404. The van der Waals surface area contributed by atoms with Gasteiger partial charge in [0.05, 0.1) is 4.90 Å². The van der Waals surface area contributed by atoms with Gasteiger partial charge >= 0.3 is 0 Å². The maximum atomic E-state index is 13.1. The van der Waals surface area contributed by atoms with Gasteiger partial charge in [-0.05, 0) is 83.3 Å². The zero-order chi connectivity index (χ0) is 25.2. The number of hydrogen-bond donors (Lipinski definition) is 1. The van der Waals surface area contributed by atoms with Crippen LogP contribution in [0, 0.1) is 5.82 Å². The number of anilines is 1. The van der Waals surface area contributed by atoms with E-state index in [1.807, 2.05) is 6.07 Å². The Labute approximate surface area is 209 Å². The first-order valence-electron chi connectivity index (χ1n) is 12.3. The molecule has 1 aliphatic rings. The van der Waals surface area contributed by atoms with Crippen molar-refractivity contribution in [3.8, 4) is 0 Å². The number of fused-ring (bicyclic) bond motifs is 1. The van der Waals surface area contributed by atoms with Gasteiger partial charge in [0.2, 0.25) is 0 Å². The number of hydrogen-bond acceptors (Lipinski definition) is 3. The topological polar surface area (TPSA) is 49.4 Å². The molecule has 0 radical (unpaired) electrons. The Kier molecular flexibility index (Phi) is 7.34. The zero-order valence-corrected chi connectivity index (χ0v) is 21.8. The Bertz CT molecular complexity index is 1260. The van der Waals surface area contributed by atoms with Crippen LogP contribution in [0.5, 0.6) is 0 Å². The van der Waals surface area contributed by atoms with Gasteiger partial charge in [-0.25, -0.2) is 12.8 Å². The van der Waals surface area contributed by atoms with E-state index in [0.717, 1.165) is 37.9 Å². The fraction of sp³-hybridized carbons (Fsp3) is 0.379. The molecule has 1 atom stereocenters. The molecule has 0 saturated heterocycles. The summed E-state index contributed by atoms with van der Waals surface area (Å²) >= 11 is 0. The number of halogens is 1. The molecule has 1 N–H and O–H groups in total. The molecule has 0 saturated carbocycles. The third-order valence-electron chi connectivity index (χ3n) is 6.91. The van der Waals surface area contributed by atoms with Crippen LogP contribution >= 0.6 is 0 Å². The van der Waals surface area contributed by atoms with Gasteiger partial charge in [-0.3, -0.25) is 9.62 Å². The van der Waals surface area contributed by atoms with Crippen LogP contribution in [-0.2, 0) is 34.8 Å². The lowest BCUT2D eigenvalue weighted by atomic mass is 9.86. The summed E-state index contributed by atoms with van der Waals surface area (Å²) in [5, 5.41) is 0.